The van der Waals surface area contributed by atoms with Gasteiger partial charge in [-0.15, -0.1) is 0 Å². The van der Waals surface area contributed by atoms with Crippen molar-refractivity contribution >= 4 is 16.6 Å². The van der Waals surface area contributed by atoms with E-state index in [0.29, 0.717) is 12.8 Å². The van der Waals surface area contributed by atoms with Crippen LogP contribution in [0.2, 0.25) is 0 Å². The van der Waals surface area contributed by atoms with Gasteiger partial charge in [0.1, 0.15) is 5.82 Å². The molecule has 0 radical (unpaired) electrons. The predicted molar refractivity (Wildman–Crippen MR) is 69.1 cm³/mol. The van der Waals surface area contributed by atoms with Crippen LogP contribution >= 0.6 is 0 Å². The van der Waals surface area contributed by atoms with E-state index in [-0.39, 0.29) is 0 Å². The van der Waals surface area contributed by atoms with Crippen LogP contribution in [0.15, 0.2) is 24.4 Å². The molecule has 92 valence electrons. The Morgan fingerprint density at radius 1 is 1.28 bits per heavy atom. The fourth-order valence-electron chi connectivity index (χ4n) is 2.38. The SMILES string of the molecule is CC1CC1Nc1nccc2cc3c(cc12)OCO3. The molecular weight excluding hydrogens is 228 g/mol. The summed E-state index contributed by atoms with van der Waals surface area (Å²) in [5.74, 6) is 3.32. The van der Waals surface area contributed by atoms with Crippen molar-refractivity contribution < 1.29 is 9.47 Å². The summed E-state index contributed by atoms with van der Waals surface area (Å²) in [5, 5.41) is 5.72. The molecular formula is C14H14N2O2. The lowest BCUT2D eigenvalue weighted by atomic mass is 10.1. The van der Waals surface area contributed by atoms with Gasteiger partial charge in [-0.1, -0.05) is 6.92 Å². The maximum Gasteiger partial charge on any atom is 0.231 e. The number of hydrogen-bond donors (Lipinski definition) is 1. The quantitative estimate of drug-likeness (QED) is 0.879. The van der Waals surface area contributed by atoms with Gasteiger partial charge in [-0.2, -0.15) is 0 Å². The van der Waals surface area contributed by atoms with E-state index >= 15 is 0 Å². The molecule has 2 atom stereocenters. The summed E-state index contributed by atoms with van der Waals surface area (Å²) in [6.07, 6.45) is 3.06. The van der Waals surface area contributed by atoms with Crippen LogP contribution in [0.4, 0.5) is 5.82 Å². The van der Waals surface area contributed by atoms with Crippen LogP contribution in [-0.2, 0) is 0 Å². The Labute approximate surface area is 105 Å². The van der Waals surface area contributed by atoms with Crippen LogP contribution in [0.5, 0.6) is 11.5 Å². The molecule has 2 aromatic rings. The highest BCUT2D eigenvalue weighted by atomic mass is 16.7. The molecule has 2 heterocycles. The minimum Gasteiger partial charge on any atom is -0.454 e. The lowest BCUT2D eigenvalue weighted by molar-refractivity contribution is 0.174. The maximum absolute atomic E-state index is 5.43. The fraction of sp³-hybridized carbons (Fsp3) is 0.357. The molecule has 1 aromatic carbocycles. The zero-order valence-corrected chi connectivity index (χ0v) is 10.1. The summed E-state index contributed by atoms with van der Waals surface area (Å²) in [5.41, 5.74) is 0. The molecule has 0 amide bonds. The summed E-state index contributed by atoms with van der Waals surface area (Å²) in [7, 11) is 0. The van der Waals surface area contributed by atoms with Gasteiger partial charge in [-0.3, -0.25) is 0 Å². The van der Waals surface area contributed by atoms with E-state index < -0.39 is 0 Å². The van der Waals surface area contributed by atoms with E-state index in [1.165, 1.54) is 6.42 Å². The first-order valence-electron chi connectivity index (χ1n) is 6.26. The molecule has 1 aromatic heterocycles. The molecule has 2 unspecified atom stereocenters. The Bertz CT molecular complexity index is 626. The van der Waals surface area contributed by atoms with Crippen molar-refractivity contribution in [3.8, 4) is 11.5 Å². The third kappa shape index (κ3) is 1.49. The van der Waals surface area contributed by atoms with Gasteiger partial charge in [0.25, 0.3) is 0 Å². The average molecular weight is 242 g/mol. The van der Waals surface area contributed by atoms with Gasteiger partial charge in [0.05, 0.1) is 0 Å². The molecule has 1 saturated carbocycles. The van der Waals surface area contributed by atoms with Crippen molar-refractivity contribution in [2.75, 3.05) is 12.1 Å². The van der Waals surface area contributed by atoms with Crippen molar-refractivity contribution in [1.29, 1.82) is 0 Å². The normalized spacial score (nSPS) is 24.3. The average Bonchev–Trinajstić information content (AvgIpc) is 2.89. The van der Waals surface area contributed by atoms with E-state index in [1.807, 2.05) is 24.4 Å². The highest BCUT2D eigenvalue weighted by molar-refractivity contribution is 5.94. The lowest BCUT2D eigenvalue weighted by Gasteiger charge is -2.08. The predicted octanol–water partition coefficient (Wildman–Crippen LogP) is 2.78. The van der Waals surface area contributed by atoms with E-state index in [0.717, 1.165) is 34.0 Å². The van der Waals surface area contributed by atoms with Crippen LogP contribution in [0.25, 0.3) is 10.8 Å². The van der Waals surface area contributed by atoms with Gasteiger partial charge >= 0.3 is 0 Å². The lowest BCUT2D eigenvalue weighted by Crippen LogP contribution is -2.05. The van der Waals surface area contributed by atoms with Crippen molar-refractivity contribution in [3.05, 3.63) is 24.4 Å². The summed E-state index contributed by atoms with van der Waals surface area (Å²) in [6, 6.07) is 6.59. The first kappa shape index (κ1) is 10.00. The zero-order chi connectivity index (χ0) is 12.1. The number of benzene rings is 1. The van der Waals surface area contributed by atoms with E-state index in [9.17, 15) is 0 Å². The first-order chi connectivity index (χ1) is 8.81. The van der Waals surface area contributed by atoms with E-state index in [4.69, 9.17) is 9.47 Å². The van der Waals surface area contributed by atoms with Crippen molar-refractivity contribution in [3.63, 3.8) is 0 Å². The second-order valence-electron chi connectivity index (χ2n) is 5.05. The van der Waals surface area contributed by atoms with Crippen LogP contribution < -0.4 is 14.8 Å². The minimum absolute atomic E-state index is 0.307. The zero-order valence-electron chi connectivity index (χ0n) is 10.1. The number of nitrogens with one attached hydrogen (secondary N) is 1. The smallest absolute Gasteiger partial charge is 0.231 e. The Morgan fingerprint density at radius 2 is 2.06 bits per heavy atom. The second-order valence-corrected chi connectivity index (χ2v) is 5.05. The van der Waals surface area contributed by atoms with Crippen molar-refractivity contribution in [2.45, 2.75) is 19.4 Å². The Morgan fingerprint density at radius 3 is 2.83 bits per heavy atom. The molecule has 0 bridgehead atoms. The molecule has 0 spiro atoms. The van der Waals surface area contributed by atoms with Gasteiger partial charge in [0.2, 0.25) is 6.79 Å². The number of pyridine rings is 1. The maximum atomic E-state index is 5.43. The largest absolute Gasteiger partial charge is 0.454 e. The van der Waals surface area contributed by atoms with Crippen molar-refractivity contribution in [1.82, 2.24) is 4.98 Å². The molecule has 1 aliphatic carbocycles. The van der Waals surface area contributed by atoms with Gasteiger partial charge in [0, 0.05) is 17.6 Å². The number of ether oxygens (including phenoxy) is 2. The molecule has 18 heavy (non-hydrogen) atoms. The highest BCUT2D eigenvalue weighted by Gasteiger charge is 2.33. The minimum atomic E-state index is 0.307. The second kappa shape index (κ2) is 3.51. The molecule has 4 rings (SSSR count). The molecule has 1 N–H and O–H groups in total. The Hall–Kier alpha value is -1.97. The number of nitrogens with zero attached hydrogens (tertiary/aromatic N) is 1. The topological polar surface area (TPSA) is 43.4 Å². The first-order valence-corrected chi connectivity index (χ1v) is 6.26. The number of fused-ring (bicyclic) bond motifs is 2. The van der Waals surface area contributed by atoms with Gasteiger partial charge < -0.3 is 14.8 Å². The van der Waals surface area contributed by atoms with E-state index in [1.54, 1.807) is 0 Å². The van der Waals surface area contributed by atoms with Crippen LogP contribution in [-0.4, -0.2) is 17.8 Å². The summed E-state index contributed by atoms with van der Waals surface area (Å²) in [6.45, 7) is 2.55. The monoisotopic (exact) mass is 242 g/mol. The summed E-state index contributed by atoms with van der Waals surface area (Å²) >= 11 is 0. The Balaban J connectivity index is 1.82. The molecule has 4 nitrogen and oxygen atoms in total. The number of aromatic nitrogens is 1. The molecule has 1 fully saturated rings. The van der Waals surface area contributed by atoms with Gasteiger partial charge in [-0.25, -0.2) is 4.98 Å². The van der Waals surface area contributed by atoms with Gasteiger partial charge in [0.15, 0.2) is 11.5 Å². The number of anilines is 1. The fourth-order valence-corrected chi connectivity index (χ4v) is 2.38. The Kier molecular flexibility index (Phi) is 1.95. The number of hydrogen-bond acceptors (Lipinski definition) is 4. The summed E-state index contributed by atoms with van der Waals surface area (Å²) in [4.78, 5) is 4.44. The molecule has 0 saturated heterocycles. The highest BCUT2D eigenvalue weighted by Crippen LogP contribution is 2.39. The van der Waals surface area contributed by atoms with Crippen LogP contribution in [0, 0.1) is 5.92 Å². The van der Waals surface area contributed by atoms with Crippen LogP contribution in [0.3, 0.4) is 0 Å². The van der Waals surface area contributed by atoms with Crippen LogP contribution in [0.1, 0.15) is 13.3 Å². The third-order valence-electron chi connectivity index (χ3n) is 3.69. The molecule has 4 heteroatoms. The standard InChI is InChI=1S/C14H14N2O2/c1-8-4-11(8)16-14-10-6-13-12(17-7-18-13)5-9(10)2-3-15-14/h2-3,5-6,8,11H,4,7H2,1H3,(H,15,16). The van der Waals surface area contributed by atoms with E-state index in [2.05, 4.69) is 17.2 Å². The molecule has 1 aliphatic heterocycles. The number of rotatable bonds is 2. The molecule has 2 aliphatic rings. The third-order valence-corrected chi connectivity index (χ3v) is 3.69. The van der Waals surface area contributed by atoms with Gasteiger partial charge in [-0.05, 0) is 35.9 Å². The summed E-state index contributed by atoms with van der Waals surface area (Å²) < 4.78 is 10.8. The van der Waals surface area contributed by atoms with Crippen molar-refractivity contribution in [2.24, 2.45) is 5.92 Å².